The lowest BCUT2D eigenvalue weighted by Gasteiger charge is -2.39. The first-order valence-corrected chi connectivity index (χ1v) is 11.3. The van der Waals surface area contributed by atoms with Crippen LogP contribution in [-0.4, -0.2) is 69.5 Å². The van der Waals surface area contributed by atoms with Gasteiger partial charge in [-0.25, -0.2) is 4.79 Å². The maximum absolute atomic E-state index is 12.5. The minimum absolute atomic E-state index is 0.0513. The van der Waals surface area contributed by atoms with Gasteiger partial charge in [-0.05, 0) is 51.8 Å². The molecule has 1 fully saturated rings. The summed E-state index contributed by atoms with van der Waals surface area (Å²) in [4.78, 5) is 12.5. The van der Waals surface area contributed by atoms with Crippen LogP contribution in [0, 0.1) is 0 Å². The van der Waals surface area contributed by atoms with Crippen molar-refractivity contribution >= 4 is 11.0 Å². The molecule has 1 aromatic heterocycles. The highest BCUT2D eigenvalue weighted by molar-refractivity contribution is 5.86. The molecule has 1 aliphatic rings. The van der Waals surface area contributed by atoms with Crippen molar-refractivity contribution in [2.45, 2.75) is 64.3 Å². The monoisotopic (exact) mass is 492 g/mol. The number of aliphatic hydroxyl groups excluding tert-OH is 4. The summed E-state index contributed by atoms with van der Waals surface area (Å²) in [5.74, 6) is -0.781. The second-order valence-electron chi connectivity index (χ2n) is 8.72. The van der Waals surface area contributed by atoms with E-state index in [1.165, 1.54) is 23.3 Å². The Bertz CT molecular complexity index is 1130. The van der Waals surface area contributed by atoms with Crippen LogP contribution in [-0.2, 0) is 4.74 Å². The summed E-state index contributed by atoms with van der Waals surface area (Å²) in [5, 5.41) is 49.9. The Kier molecular flexibility index (Phi) is 8.92. The van der Waals surface area contributed by atoms with E-state index in [9.17, 15) is 30.3 Å². The first-order chi connectivity index (χ1) is 16.6. The van der Waals surface area contributed by atoms with E-state index in [0.29, 0.717) is 12.4 Å². The molecule has 0 aliphatic carbocycles. The maximum Gasteiger partial charge on any atom is 0.383 e. The lowest BCUT2D eigenvalue weighted by Crippen LogP contribution is -2.60. The zero-order valence-electron chi connectivity index (χ0n) is 19.9. The van der Waals surface area contributed by atoms with E-state index in [1.54, 1.807) is 6.07 Å². The maximum atomic E-state index is 12.5. The number of ether oxygens (including phenoxy) is 3. The summed E-state index contributed by atoms with van der Waals surface area (Å²) < 4.78 is 21.5. The summed E-state index contributed by atoms with van der Waals surface area (Å²) in [6.07, 6.45) is -1.92. The standard InChI is InChI=1S/C25H32O10/c1-13(2)5-4-6-14(3)9-10-32-15-7-8-16-17(11-15)33-24(31)23(19(16)27)35-25-22(30)21(29)20(28)18(12-26)34-25/h5,7-9,11,18,20-22,25-30H,4,6,10,12H2,1-3H3/b14-9+/t18-,20+,21+,22-,25+/m1/s1. The average molecular weight is 493 g/mol. The number of hydrogen-bond acceptors (Lipinski definition) is 10. The van der Waals surface area contributed by atoms with Gasteiger partial charge < -0.3 is 44.2 Å². The molecule has 2 heterocycles. The fourth-order valence-corrected chi connectivity index (χ4v) is 3.59. The van der Waals surface area contributed by atoms with Crippen LogP contribution in [0.5, 0.6) is 17.2 Å². The van der Waals surface area contributed by atoms with Crippen LogP contribution in [0.15, 0.2) is 50.7 Å². The van der Waals surface area contributed by atoms with E-state index in [4.69, 9.17) is 18.6 Å². The van der Waals surface area contributed by atoms with Crippen LogP contribution in [0.3, 0.4) is 0 Å². The first-order valence-electron chi connectivity index (χ1n) is 11.3. The molecule has 10 heteroatoms. The van der Waals surface area contributed by atoms with Crippen molar-refractivity contribution in [1.82, 2.24) is 0 Å². The van der Waals surface area contributed by atoms with E-state index < -0.39 is 54.4 Å². The van der Waals surface area contributed by atoms with Crippen molar-refractivity contribution in [1.29, 1.82) is 0 Å². The molecule has 1 aromatic carbocycles. The Labute approximate surface area is 202 Å². The highest BCUT2D eigenvalue weighted by Crippen LogP contribution is 2.35. The number of rotatable bonds is 9. The molecule has 0 saturated carbocycles. The van der Waals surface area contributed by atoms with E-state index in [2.05, 4.69) is 19.9 Å². The van der Waals surface area contributed by atoms with Crippen LogP contribution >= 0.6 is 0 Å². The molecule has 0 bridgehead atoms. The summed E-state index contributed by atoms with van der Waals surface area (Å²) >= 11 is 0. The molecule has 5 atom stereocenters. The summed E-state index contributed by atoms with van der Waals surface area (Å²) in [6.45, 7) is 5.79. The van der Waals surface area contributed by atoms with Crippen molar-refractivity contribution < 1.29 is 44.2 Å². The second-order valence-corrected chi connectivity index (χ2v) is 8.72. The van der Waals surface area contributed by atoms with Crippen molar-refractivity contribution in [3.05, 3.63) is 51.9 Å². The molecule has 1 aliphatic heterocycles. The van der Waals surface area contributed by atoms with Gasteiger partial charge in [0.15, 0.2) is 5.75 Å². The third-order valence-corrected chi connectivity index (χ3v) is 5.67. The van der Waals surface area contributed by atoms with E-state index >= 15 is 0 Å². The zero-order chi connectivity index (χ0) is 25.7. The Morgan fingerprint density at radius 3 is 2.51 bits per heavy atom. The minimum atomic E-state index is -1.75. The highest BCUT2D eigenvalue weighted by Gasteiger charge is 2.45. The number of benzene rings is 1. The minimum Gasteiger partial charge on any atom is -0.504 e. The van der Waals surface area contributed by atoms with Gasteiger partial charge in [0.25, 0.3) is 5.75 Å². The molecule has 0 radical (unpaired) electrons. The van der Waals surface area contributed by atoms with Gasteiger partial charge in [0, 0.05) is 6.07 Å². The van der Waals surface area contributed by atoms with Gasteiger partial charge in [-0.3, -0.25) is 0 Å². The molecule has 3 rings (SSSR count). The highest BCUT2D eigenvalue weighted by atomic mass is 16.7. The molecule has 0 spiro atoms. The molecule has 5 N–H and O–H groups in total. The summed E-state index contributed by atoms with van der Waals surface area (Å²) in [5.41, 5.74) is 1.45. The second kappa shape index (κ2) is 11.7. The molecular formula is C25H32O10. The largest absolute Gasteiger partial charge is 0.504 e. The number of allylic oxidation sites excluding steroid dienone is 3. The van der Waals surface area contributed by atoms with Gasteiger partial charge in [0.1, 0.15) is 42.4 Å². The fourth-order valence-electron chi connectivity index (χ4n) is 3.59. The molecule has 0 amide bonds. The average Bonchev–Trinajstić information content (AvgIpc) is 2.81. The Balaban J connectivity index is 1.74. The van der Waals surface area contributed by atoms with Crippen LogP contribution in [0.4, 0.5) is 0 Å². The number of fused-ring (bicyclic) bond motifs is 1. The number of aliphatic hydroxyl groups is 4. The molecule has 35 heavy (non-hydrogen) atoms. The van der Waals surface area contributed by atoms with Crippen LogP contribution in [0.25, 0.3) is 11.0 Å². The Hall–Kier alpha value is -2.89. The predicted octanol–water partition coefficient (Wildman–Crippen LogP) is 1.75. The van der Waals surface area contributed by atoms with Crippen LogP contribution in [0.1, 0.15) is 33.6 Å². The fraction of sp³-hybridized carbons (Fsp3) is 0.480. The van der Waals surface area contributed by atoms with E-state index in [-0.39, 0.29) is 11.0 Å². The Morgan fingerprint density at radius 2 is 1.83 bits per heavy atom. The number of aromatic hydroxyl groups is 1. The van der Waals surface area contributed by atoms with Crippen molar-refractivity contribution in [3.63, 3.8) is 0 Å². The molecule has 10 nitrogen and oxygen atoms in total. The summed E-state index contributed by atoms with van der Waals surface area (Å²) in [6, 6.07) is 4.53. The third kappa shape index (κ3) is 6.41. The summed E-state index contributed by atoms with van der Waals surface area (Å²) in [7, 11) is 0. The normalized spacial score (nSPS) is 24.9. The van der Waals surface area contributed by atoms with Crippen molar-refractivity contribution in [2.75, 3.05) is 13.2 Å². The lowest BCUT2D eigenvalue weighted by molar-refractivity contribution is -0.278. The molecular weight excluding hydrogens is 460 g/mol. The number of hydrogen-bond donors (Lipinski definition) is 5. The molecule has 192 valence electrons. The van der Waals surface area contributed by atoms with Gasteiger partial charge in [-0.15, -0.1) is 0 Å². The Morgan fingerprint density at radius 1 is 1.09 bits per heavy atom. The quantitative estimate of drug-likeness (QED) is 0.258. The van der Waals surface area contributed by atoms with Gasteiger partial charge in [-0.2, -0.15) is 0 Å². The first kappa shape index (κ1) is 26.7. The molecule has 0 unspecified atom stereocenters. The molecule has 1 saturated heterocycles. The van der Waals surface area contributed by atoms with Crippen LogP contribution < -0.4 is 15.1 Å². The third-order valence-electron chi connectivity index (χ3n) is 5.67. The predicted molar refractivity (Wildman–Crippen MR) is 126 cm³/mol. The zero-order valence-corrected chi connectivity index (χ0v) is 19.9. The lowest BCUT2D eigenvalue weighted by atomic mass is 9.99. The van der Waals surface area contributed by atoms with Gasteiger partial charge in [-0.1, -0.05) is 17.2 Å². The van der Waals surface area contributed by atoms with Crippen LogP contribution in [0.2, 0.25) is 0 Å². The van der Waals surface area contributed by atoms with Gasteiger partial charge in [0.2, 0.25) is 6.29 Å². The van der Waals surface area contributed by atoms with Gasteiger partial charge in [0.05, 0.1) is 12.0 Å². The molecule has 2 aromatic rings. The van der Waals surface area contributed by atoms with Crippen molar-refractivity contribution in [2.24, 2.45) is 0 Å². The van der Waals surface area contributed by atoms with E-state index in [0.717, 1.165) is 12.8 Å². The smallest absolute Gasteiger partial charge is 0.383 e. The SMILES string of the molecule is CC(C)=CCC/C(C)=C/COc1ccc2c(O)c(O[C@@H]3O[C@H](CO)[C@H](O)[C@H](O)[C@H]3O)c(=O)oc2c1. The van der Waals surface area contributed by atoms with E-state index in [1.807, 2.05) is 13.0 Å². The van der Waals surface area contributed by atoms with Gasteiger partial charge >= 0.3 is 5.63 Å². The van der Waals surface area contributed by atoms with Crippen molar-refractivity contribution in [3.8, 4) is 17.2 Å². The topological polar surface area (TPSA) is 159 Å².